The van der Waals surface area contributed by atoms with Crippen LogP contribution in [0.1, 0.15) is 64.7 Å². The first-order valence-corrected chi connectivity index (χ1v) is 7.31. The summed E-state index contributed by atoms with van der Waals surface area (Å²) < 4.78 is 5.21. The number of ether oxygens (including phenoxy) is 1. The largest absolute Gasteiger partial charge is 0.394 e. The normalized spacial score (nSPS) is 23.4. The van der Waals surface area contributed by atoms with Crippen molar-refractivity contribution in [1.29, 1.82) is 0 Å². The monoisotopic (exact) mass is 240 g/mol. The number of rotatable bonds is 11. The van der Waals surface area contributed by atoms with Gasteiger partial charge in [-0.25, -0.2) is 0 Å². The Balaban J connectivity index is 1.76. The first-order chi connectivity index (χ1) is 8.38. The Morgan fingerprint density at radius 3 is 2.24 bits per heavy atom. The third kappa shape index (κ3) is 7.56. The van der Waals surface area contributed by atoms with Crippen LogP contribution >= 0.6 is 0 Å². The van der Waals surface area contributed by atoms with E-state index in [1.54, 1.807) is 0 Å². The highest BCUT2D eigenvalue weighted by molar-refractivity contribution is 5.02. The number of aliphatic hydroxyl groups is 1. The molecule has 1 N–H and O–H groups in total. The fraction of sp³-hybridized carbons (Fsp3) is 0.867. The van der Waals surface area contributed by atoms with Crippen molar-refractivity contribution >= 4 is 0 Å². The lowest BCUT2D eigenvalue weighted by Gasteiger charge is -1.99. The van der Waals surface area contributed by atoms with Gasteiger partial charge in [0.25, 0.3) is 0 Å². The highest BCUT2D eigenvalue weighted by atomic mass is 16.6. The van der Waals surface area contributed by atoms with Gasteiger partial charge in [-0.05, 0) is 12.8 Å². The van der Waals surface area contributed by atoms with Gasteiger partial charge in [0.2, 0.25) is 0 Å². The van der Waals surface area contributed by atoms with E-state index in [4.69, 9.17) is 9.84 Å². The zero-order valence-corrected chi connectivity index (χ0v) is 11.2. The lowest BCUT2D eigenvalue weighted by molar-refractivity contribution is 0.243. The summed E-state index contributed by atoms with van der Waals surface area (Å²) in [5.74, 6) is 0. The number of unbranched alkanes of at least 4 members (excludes halogenated alkanes) is 8. The van der Waals surface area contributed by atoms with E-state index in [2.05, 4.69) is 19.1 Å². The van der Waals surface area contributed by atoms with Crippen LogP contribution in [0.25, 0.3) is 0 Å². The van der Waals surface area contributed by atoms with Crippen molar-refractivity contribution in [2.45, 2.75) is 76.9 Å². The van der Waals surface area contributed by atoms with Crippen LogP contribution in [-0.4, -0.2) is 23.9 Å². The Kier molecular flexibility index (Phi) is 8.37. The highest BCUT2D eigenvalue weighted by Gasteiger charge is 2.35. The van der Waals surface area contributed by atoms with Gasteiger partial charge in [-0.2, -0.15) is 0 Å². The zero-order valence-electron chi connectivity index (χ0n) is 11.2. The molecular weight excluding hydrogens is 212 g/mol. The predicted molar refractivity (Wildman–Crippen MR) is 72.1 cm³/mol. The molecule has 1 rings (SSSR count). The smallest absolute Gasteiger partial charge is 0.111 e. The minimum absolute atomic E-state index is 0.0878. The molecule has 1 aliphatic heterocycles. The molecule has 0 amide bonds. The molecule has 2 atom stereocenters. The van der Waals surface area contributed by atoms with Crippen molar-refractivity contribution in [3.05, 3.63) is 12.2 Å². The van der Waals surface area contributed by atoms with Gasteiger partial charge in [0.1, 0.15) is 12.2 Å². The molecule has 0 aromatic rings. The molecule has 1 heterocycles. The number of epoxide rings is 1. The number of hydrogen-bond acceptors (Lipinski definition) is 2. The van der Waals surface area contributed by atoms with Gasteiger partial charge < -0.3 is 9.84 Å². The van der Waals surface area contributed by atoms with Crippen molar-refractivity contribution < 1.29 is 9.84 Å². The molecule has 100 valence electrons. The molecular formula is C15H28O2. The van der Waals surface area contributed by atoms with Crippen LogP contribution in [0.15, 0.2) is 12.2 Å². The van der Waals surface area contributed by atoms with Crippen LogP contribution in [0.4, 0.5) is 0 Å². The highest BCUT2D eigenvalue weighted by Crippen LogP contribution is 2.22. The Morgan fingerprint density at radius 1 is 1.00 bits per heavy atom. The molecule has 1 fully saturated rings. The van der Waals surface area contributed by atoms with E-state index >= 15 is 0 Å². The standard InChI is InChI=1S/C15H28O2/c1-2-3-4-5-6-7-8-9-10-11-12-14-15(13-16)17-14/h11-12,14-16H,2-10,13H2,1H3. The Bertz CT molecular complexity index is 201. The Labute approximate surface area is 106 Å². The van der Waals surface area contributed by atoms with Crippen molar-refractivity contribution in [1.82, 2.24) is 0 Å². The summed E-state index contributed by atoms with van der Waals surface area (Å²) in [7, 11) is 0. The van der Waals surface area contributed by atoms with Gasteiger partial charge in [-0.1, -0.05) is 64.0 Å². The summed E-state index contributed by atoms with van der Waals surface area (Å²) in [5, 5.41) is 8.78. The summed E-state index contributed by atoms with van der Waals surface area (Å²) in [6, 6.07) is 0. The van der Waals surface area contributed by atoms with E-state index in [0.717, 1.165) is 6.42 Å². The van der Waals surface area contributed by atoms with Crippen LogP contribution in [-0.2, 0) is 4.74 Å². The number of hydrogen-bond donors (Lipinski definition) is 1. The average Bonchev–Trinajstić information content (AvgIpc) is 3.10. The zero-order chi connectivity index (χ0) is 12.3. The van der Waals surface area contributed by atoms with Crippen LogP contribution in [0.5, 0.6) is 0 Å². The summed E-state index contributed by atoms with van der Waals surface area (Å²) in [4.78, 5) is 0. The van der Waals surface area contributed by atoms with Crippen LogP contribution in [0, 0.1) is 0 Å². The van der Waals surface area contributed by atoms with E-state index < -0.39 is 0 Å². The molecule has 1 aliphatic rings. The number of allylic oxidation sites excluding steroid dienone is 1. The predicted octanol–water partition coefficient (Wildman–Crippen LogP) is 3.83. The lowest BCUT2D eigenvalue weighted by Crippen LogP contribution is -1.95. The molecule has 0 aromatic heterocycles. The molecule has 0 aliphatic carbocycles. The molecule has 2 unspecified atom stereocenters. The average molecular weight is 240 g/mol. The molecule has 17 heavy (non-hydrogen) atoms. The maximum atomic E-state index is 8.78. The maximum absolute atomic E-state index is 8.78. The van der Waals surface area contributed by atoms with Gasteiger partial charge in [-0.3, -0.25) is 0 Å². The van der Waals surface area contributed by atoms with Crippen LogP contribution < -0.4 is 0 Å². The fourth-order valence-corrected chi connectivity index (χ4v) is 2.10. The van der Waals surface area contributed by atoms with E-state index in [0.29, 0.717) is 0 Å². The molecule has 2 nitrogen and oxygen atoms in total. The molecule has 1 saturated heterocycles. The Hall–Kier alpha value is -0.340. The van der Waals surface area contributed by atoms with E-state index in [9.17, 15) is 0 Å². The molecule has 0 radical (unpaired) electrons. The first kappa shape index (κ1) is 14.7. The third-order valence-electron chi connectivity index (χ3n) is 3.35. The van der Waals surface area contributed by atoms with E-state index in [1.165, 1.54) is 51.4 Å². The summed E-state index contributed by atoms with van der Waals surface area (Å²) in [6.07, 6.45) is 16.8. The minimum Gasteiger partial charge on any atom is -0.394 e. The quantitative estimate of drug-likeness (QED) is 0.338. The topological polar surface area (TPSA) is 32.8 Å². The van der Waals surface area contributed by atoms with E-state index in [1.807, 2.05) is 0 Å². The van der Waals surface area contributed by atoms with Gasteiger partial charge in [0, 0.05) is 0 Å². The SMILES string of the molecule is CCCCCCCCCCC=CC1OC1CO. The Morgan fingerprint density at radius 2 is 1.65 bits per heavy atom. The summed E-state index contributed by atoms with van der Waals surface area (Å²) in [5.41, 5.74) is 0. The van der Waals surface area contributed by atoms with Crippen molar-refractivity contribution in [2.75, 3.05) is 6.61 Å². The van der Waals surface area contributed by atoms with Crippen LogP contribution in [0.2, 0.25) is 0 Å². The van der Waals surface area contributed by atoms with Gasteiger partial charge in [0.15, 0.2) is 0 Å². The van der Waals surface area contributed by atoms with Crippen molar-refractivity contribution in [3.8, 4) is 0 Å². The number of aliphatic hydroxyl groups excluding tert-OH is 1. The molecule has 0 bridgehead atoms. The summed E-state index contributed by atoms with van der Waals surface area (Å²) >= 11 is 0. The molecule has 0 saturated carbocycles. The minimum atomic E-state index is 0.0878. The van der Waals surface area contributed by atoms with Crippen molar-refractivity contribution in [2.24, 2.45) is 0 Å². The van der Waals surface area contributed by atoms with Crippen LogP contribution in [0.3, 0.4) is 0 Å². The second kappa shape index (κ2) is 9.67. The van der Waals surface area contributed by atoms with Gasteiger partial charge >= 0.3 is 0 Å². The lowest BCUT2D eigenvalue weighted by atomic mass is 10.1. The third-order valence-corrected chi connectivity index (χ3v) is 3.35. The maximum Gasteiger partial charge on any atom is 0.111 e. The van der Waals surface area contributed by atoms with Gasteiger partial charge in [-0.15, -0.1) is 0 Å². The molecule has 2 heteroatoms. The summed E-state index contributed by atoms with van der Waals surface area (Å²) in [6.45, 7) is 2.42. The van der Waals surface area contributed by atoms with Gasteiger partial charge in [0.05, 0.1) is 6.61 Å². The first-order valence-electron chi connectivity index (χ1n) is 7.31. The second-order valence-electron chi connectivity index (χ2n) is 5.01. The van der Waals surface area contributed by atoms with E-state index in [-0.39, 0.29) is 18.8 Å². The molecule has 0 spiro atoms. The molecule has 0 aromatic carbocycles. The fourth-order valence-electron chi connectivity index (χ4n) is 2.10. The second-order valence-corrected chi connectivity index (χ2v) is 5.01. The van der Waals surface area contributed by atoms with Crippen molar-refractivity contribution in [3.63, 3.8) is 0 Å².